The van der Waals surface area contributed by atoms with Crippen molar-refractivity contribution in [2.24, 2.45) is 17.8 Å². The lowest BCUT2D eigenvalue weighted by Crippen LogP contribution is -2.58. The average Bonchev–Trinajstić information content (AvgIpc) is 3.58. The van der Waals surface area contributed by atoms with Gasteiger partial charge in [-0.25, -0.2) is 4.79 Å². The zero-order valence-electron chi connectivity index (χ0n) is 27.9. The van der Waals surface area contributed by atoms with Crippen LogP contribution in [0.1, 0.15) is 65.9 Å². The molecule has 4 unspecified atom stereocenters. The number of aromatic nitrogens is 1. The summed E-state index contributed by atoms with van der Waals surface area (Å²) in [7, 11) is 0. The molecule has 0 radical (unpaired) electrons. The van der Waals surface area contributed by atoms with Gasteiger partial charge in [0.15, 0.2) is 11.6 Å². The lowest BCUT2D eigenvalue weighted by atomic mass is 9.93. The monoisotopic (exact) mass is 652 g/mol. The number of amides is 5. The largest absolute Gasteiger partial charge is 0.363 e. The van der Waals surface area contributed by atoms with E-state index in [2.05, 4.69) is 26.4 Å². The fraction of sp³-hybridized carbons (Fsp3) is 0.588. The highest BCUT2D eigenvalue weighted by molar-refractivity contribution is 5.98. The summed E-state index contributed by atoms with van der Waals surface area (Å²) in [5, 5.41) is 15.1. The predicted molar refractivity (Wildman–Crippen MR) is 174 cm³/mol. The number of ether oxygens (including phenoxy) is 1. The number of benzene rings is 1. The van der Waals surface area contributed by atoms with E-state index in [1.165, 1.54) is 6.26 Å². The molecule has 1 aromatic heterocycles. The van der Waals surface area contributed by atoms with Crippen molar-refractivity contribution in [3.63, 3.8) is 0 Å². The third-order valence-electron chi connectivity index (χ3n) is 8.52. The zero-order valence-corrected chi connectivity index (χ0v) is 27.9. The summed E-state index contributed by atoms with van der Waals surface area (Å²) in [4.78, 5) is 68.3. The molecule has 2 aromatic rings. The van der Waals surface area contributed by atoms with Gasteiger partial charge in [-0.1, -0.05) is 63.2 Å². The van der Waals surface area contributed by atoms with Crippen LogP contribution >= 0.6 is 0 Å². The van der Waals surface area contributed by atoms with E-state index in [-0.39, 0.29) is 35.9 Å². The number of nitrogens with zero attached hydrogens (tertiary/aromatic N) is 2. The molecule has 0 spiro atoms. The minimum absolute atomic E-state index is 0.0609. The van der Waals surface area contributed by atoms with Gasteiger partial charge in [-0.2, -0.15) is 0 Å². The number of hydrogen-bond donors (Lipinski definition) is 4. The van der Waals surface area contributed by atoms with Crippen molar-refractivity contribution in [2.45, 2.75) is 90.4 Å². The van der Waals surface area contributed by atoms with Gasteiger partial charge >= 0.3 is 6.03 Å². The normalized spacial score (nSPS) is 19.9. The van der Waals surface area contributed by atoms with Crippen LogP contribution in [-0.4, -0.2) is 83.0 Å². The van der Waals surface area contributed by atoms with Gasteiger partial charge in [-0.15, -0.1) is 0 Å². The van der Waals surface area contributed by atoms with Crippen LogP contribution in [0.3, 0.4) is 0 Å². The van der Waals surface area contributed by atoms with E-state index in [1.807, 2.05) is 58.0 Å². The maximum atomic E-state index is 13.8. The fourth-order valence-electron chi connectivity index (χ4n) is 5.72. The second-order valence-corrected chi connectivity index (χ2v) is 13.6. The zero-order chi connectivity index (χ0) is 34.1. The summed E-state index contributed by atoms with van der Waals surface area (Å²) >= 11 is 0. The van der Waals surface area contributed by atoms with Gasteiger partial charge in [0.1, 0.15) is 23.9 Å². The summed E-state index contributed by atoms with van der Waals surface area (Å²) in [5.41, 5.74) is -0.0791. The standard InChI is InChI=1S/C34H48N6O7/c1-21(2)17-25(29(41)34(5)20-46-34)35-32(44)27(19-23-9-7-6-8-10-23)36-31(43)26(18-22(3)4)37-33(45)40-14-11-24(12-15-40)30(42)38-28-13-16-47-39-28/h6-10,13,16,21-22,24-27H,11-12,14-15,17-20H2,1-5H3,(H,35,44)(H,36,43)(H,37,45)(H,38,39,42). The predicted octanol–water partition coefficient (Wildman–Crippen LogP) is 3.07. The molecule has 3 heterocycles. The molecule has 256 valence electrons. The van der Waals surface area contributed by atoms with Gasteiger partial charge in [0.25, 0.3) is 0 Å². The van der Waals surface area contributed by atoms with E-state index < -0.39 is 41.6 Å². The highest BCUT2D eigenvalue weighted by atomic mass is 16.6. The van der Waals surface area contributed by atoms with Gasteiger partial charge in [0, 0.05) is 31.5 Å². The molecule has 1 aromatic carbocycles. The molecular weight excluding hydrogens is 604 g/mol. The Morgan fingerprint density at radius 2 is 1.47 bits per heavy atom. The second kappa shape index (κ2) is 16.0. The molecule has 47 heavy (non-hydrogen) atoms. The van der Waals surface area contributed by atoms with E-state index in [1.54, 1.807) is 17.9 Å². The molecule has 13 heteroatoms. The first kappa shape index (κ1) is 35.6. The van der Waals surface area contributed by atoms with E-state index in [0.29, 0.717) is 51.2 Å². The van der Waals surface area contributed by atoms with Crippen molar-refractivity contribution in [2.75, 3.05) is 25.0 Å². The maximum absolute atomic E-state index is 13.8. The van der Waals surface area contributed by atoms with Crippen LogP contribution in [0.15, 0.2) is 47.2 Å². The third-order valence-corrected chi connectivity index (χ3v) is 8.52. The summed E-state index contributed by atoms with van der Waals surface area (Å²) in [6, 6.07) is 7.78. The smallest absolute Gasteiger partial charge is 0.318 e. The second-order valence-electron chi connectivity index (χ2n) is 13.6. The minimum Gasteiger partial charge on any atom is -0.363 e. The number of rotatable bonds is 15. The van der Waals surface area contributed by atoms with Crippen LogP contribution in [0.25, 0.3) is 0 Å². The average molecular weight is 653 g/mol. The number of ketones is 1. The highest BCUT2D eigenvalue weighted by Gasteiger charge is 2.50. The van der Waals surface area contributed by atoms with E-state index in [9.17, 15) is 24.0 Å². The molecule has 4 rings (SSSR count). The Balaban J connectivity index is 1.42. The lowest BCUT2D eigenvalue weighted by Gasteiger charge is -2.33. The number of epoxide rings is 1. The first-order valence-corrected chi connectivity index (χ1v) is 16.4. The third kappa shape index (κ3) is 10.4. The van der Waals surface area contributed by atoms with Gasteiger partial charge in [0.05, 0.1) is 12.6 Å². The van der Waals surface area contributed by atoms with Gasteiger partial charge in [0.2, 0.25) is 17.7 Å². The summed E-state index contributed by atoms with van der Waals surface area (Å²) < 4.78 is 10.1. The van der Waals surface area contributed by atoms with E-state index in [4.69, 9.17) is 9.26 Å². The van der Waals surface area contributed by atoms with Gasteiger partial charge < -0.3 is 35.4 Å². The SMILES string of the molecule is CC(C)CC(NC(=O)N1CCC(C(=O)Nc2ccon2)CC1)C(=O)NC(Cc1ccccc1)C(=O)NC(CC(C)C)C(=O)C1(C)CO1. The Morgan fingerprint density at radius 1 is 0.872 bits per heavy atom. The Bertz CT molecular complexity index is 1370. The van der Waals surface area contributed by atoms with Crippen LogP contribution in [0.2, 0.25) is 0 Å². The number of piperidine rings is 1. The number of urea groups is 1. The molecular formula is C34H48N6O7. The van der Waals surface area contributed by atoms with E-state index >= 15 is 0 Å². The van der Waals surface area contributed by atoms with Crippen molar-refractivity contribution in [1.82, 2.24) is 26.0 Å². The van der Waals surface area contributed by atoms with Crippen LogP contribution < -0.4 is 21.3 Å². The number of hydrogen-bond acceptors (Lipinski definition) is 8. The molecule has 4 atom stereocenters. The quantitative estimate of drug-likeness (QED) is 0.212. The van der Waals surface area contributed by atoms with E-state index in [0.717, 1.165) is 5.56 Å². The van der Waals surface area contributed by atoms with Gasteiger partial charge in [-0.05, 0) is 50.0 Å². The molecule has 5 amide bonds. The molecule has 2 fully saturated rings. The van der Waals surface area contributed by atoms with Crippen LogP contribution in [-0.2, 0) is 30.3 Å². The summed E-state index contributed by atoms with van der Waals surface area (Å²) in [5.74, 6) is -1.10. The topological polar surface area (TPSA) is 175 Å². The summed E-state index contributed by atoms with van der Waals surface area (Å²) in [6.45, 7) is 10.5. The molecule has 2 saturated heterocycles. The lowest BCUT2D eigenvalue weighted by molar-refractivity contribution is -0.133. The van der Waals surface area contributed by atoms with Gasteiger partial charge in [-0.3, -0.25) is 19.2 Å². The van der Waals surface area contributed by atoms with Crippen molar-refractivity contribution < 1.29 is 33.2 Å². The first-order chi connectivity index (χ1) is 22.3. The Hall–Kier alpha value is -4.26. The minimum atomic E-state index is -0.995. The number of Topliss-reactive ketones (excluding diaryl/α,β-unsaturated/α-hetero) is 1. The molecule has 4 N–H and O–H groups in total. The Kier molecular flexibility index (Phi) is 12.1. The maximum Gasteiger partial charge on any atom is 0.318 e. The molecule has 0 saturated carbocycles. The Labute approximate surface area is 275 Å². The van der Waals surface area contributed by atoms with Crippen molar-refractivity contribution >= 4 is 35.4 Å². The fourth-order valence-corrected chi connectivity index (χ4v) is 5.72. The molecule has 0 aliphatic carbocycles. The molecule has 13 nitrogen and oxygen atoms in total. The van der Waals surface area contributed by atoms with Crippen molar-refractivity contribution in [3.05, 3.63) is 48.2 Å². The summed E-state index contributed by atoms with van der Waals surface area (Å²) in [6.07, 6.45) is 3.26. The highest BCUT2D eigenvalue weighted by Crippen LogP contribution is 2.29. The number of carbonyl (C=O) groups is 5. The number of nitrogens with one attached hydrogen (secondary N) is 4. The number of likely N-dealkylation sites (tertiary alicyclic amines) is 1. The van der Waals surface area contributed by atoms with Crippen molar-refractivity contribution in [1.29, 1.82) is 0 Å². The number of carbonyl (C=O) groups excluding carboxylic acids is 5. The number of anilines is 1. The van der Waals surface area contributed by atoms with Crippen molar-refractivity contribution in [3.8, 4) is 0 Å². The van der Waals surface area contributed by atoms with Crippen LogP contribution in [0.4, 0.5) is 10.6 Å². The first-order valence-electron chi connectivity index (χ1n) is 16.4. The van der Waals surface area contributed by atoms with Crippen LogP contribution in [0.5, 0.6) is 0 Å². The molecule has 2 aliphatic heterocycles. The molecule has 2 aliphatic rings. The van der Waals surface area contributed by atoms with Crippen LogP contribution in [0, 0.1) is 17.8 Å². The Morgan fingerprint density at radius 3 is 2.04 bits per heavy atom. The molecule has 0 bridgehead atoms.